The molecule has 0 bridgehead atoms. The Bertz CT molecular complexity index is 268. The Labute approximate surface area is 126 Å². The Morgan fingerprint density at radius 2 is 2.00 bits per heavy atom. The van der Waals surface area contributed by atoms with Crippen LogP contribution in [0.4, 0.5) is 0 Å². The van der Waals surface area contributed by atoms with E-state index < -0.39 is 0 Å². The van der Waals surface area contributed by atoms with Gasteiger partial charge in [-0.1, -0.05) is 27.2 Å². The number of rotatable bonds is 9. The lowest BCUT2D eigenvalue weighted by atomic mass is 9.85. The Kier molecular flexibility index (Phi) is 7.49. The topological polar surface area (TPSA) is 35.5 Å². The van der Waals surface area contributed by atoms with Crippen LogP contribution in [0.2, 0.25) is 0 Å². The third kappa shape index (κ3) is 4.71. The third-order valence-corrected chi connectivity index (χ3v) is 4.86. The molecule has 0 aliphatic heterocycles. The molecule has 120 valence electrons. The van der Waals surface area contributed by atoms with E-state index in [1.807, 2.05) is 0 Å². The number of nitrogens with zero attached hydrogens (tertiary/aromatic N) is 1. The van der Waals surface area contributed by atoms with Crippen LogP contribution in [0, 0.1) is 11.8 Å². The summed E-state index contributed by atoms with van der Waals surface area (Å²) >= 11 is 0. The fourth-order valence-corrected chi connectivity index (χ4v) is 3.76. The van der Waals surface area contributed by atoms with E-state index in [2.05, 4.69) is 44.8 Å². The molecule has 0 aromatic heterocycles. The molecule has 0 amide bonds. The van der Waals surface area contributed by atoms with Gasteiger partial charge in [-0.3, -0.25) is 0 Å². The molecule has 2 unspecified atom stereocenters. The maximum Gasteiger partial charge on any atom is 0.0616 e. The van der Waals surface area contributed by atoms with Crippen LogP contribution in [0.15, 0.2) is 0 Å². The maximum atomic E-state index is 9.86. The van der Waals surface area contributed by atoms with E-state index in [0.717, 1.165) is 25.4 Å². The third-order valence-electron chi connectivity index (χ3n) is 4.86. The molecule has 0 spiro atoms. The predicted octanol–water partition coefficient (Wildman–Crippen LogP) is 2.88. The minimum absolute atomic E-state index is 0.00473. The normalized spacial score (nSPS) is 27.1. The molecule has 1 aliphatic carbocycles. The van der Waals surface area contributed by atoms with Crippen LogP contribution >= 0.6 is 0 Å². The minimum atomic E-state index is -0.00473. The number of aliphatic hydroxyl groups is 1. The van der Waals surface area contributed by atoms with Gasteiger partial charge in [0.25, 0.3) is 0 Å². The van der Waals surface area contributed by atoms with E-state index in [-0.39, 0.29) is 12.1 Å². The highest BCUT2D eigenvalue weighted by Gasteiger charge is 2.41. The molecule has 1 rings (SSSR count). The second kappa shape index (κ2) is 8.35. The van der Waals surface area contributed by atoms with E-state index >= 15 is 0 Å². The summed E-state index contributed by atoms with van der Waals surface area (Å²) < 4.78 is 0. The average Bonchev–Trinajstić information content (AvgIpc) is 2.77. The van der Waals surface area contributed by atoms with Gasteiger partial charge in [0.1, 0.15) is 0 Å². The van der Waals surface area contributed by atoms with Crippen LogP contribution < -0.4 is 5.32 Å². The van der Waals surface area contributed by atoms with Gasteiger partial charge < -0.3 is 15.3 Å². The molecule has 1 fully saturated rings. The Balaban J connectivity index is 2.57. The maximum absolute atomic E-state index is 9.86. The van der Waals surface area contributed by atoms with Gasteiger partial charge in [0.2, 0.25) is 0 Å². The van der Waals surface area contributed by atoms with Crippen LogP contribution in [0.1, 0.15) is 60.3 Å². The van der Waals surface area contributed by atoms with Crippen LogP contribution in [-0.2, 0) is 0 Å². The molecule has 0 aromatic rings. The van der Waals surface area contributed by atoms with Crippen molar-refractivity contribution < 1.29 is 5.11 Å². The van der Waals surface area contributed by atoms with Crippen molar-refractivity contribution >= 4 is 0 Å². The zero-order valence-corrected chi connectivity index (χ0v) is 14.3. The molecule has 20 heavy (non-hydrogen) atoms. The van der Waals surface area contributed by atoms with Gasteiger partial charge in [-0.25, -0.2) is 0 Å². The molecule has 0 saturated heterocycles. The molecule has 2 N–H and O–H groups in total. The Morgan fingerprint density at radius 3 is 2.50 bits per heavy atom. The van der Waals surface area contributed by atoms with E-state index in [4.69, 9.17) is 0 Å². The first-order valence-electron chi connectivity index (χ1n) is 8.55. The standard InChI is InChI=1S/C17H36N2O/c1-6-18-17(13-20)10-7-8-16(17)9-11-19(15(4)5)12-14(2)3/h14-16,18,20H,6-13H2,1-5H3. The summed E-state index contributed by atoms with van der Waals surface area (Å²) in [5.74, 6) is 1.35. The monoisotopic (exact) mass is 284 g/mol. The number of hydrogen-bond donors (Lipinski definition) is 2. The quantitative estimate of drug-likeness (QED) is 0.683. The van der Waals surface area contributed by atoms with Gasteiger partial charge in [0, 0.05) is 18.1 Å². The molecular formula is C17H36N2O. The van der Waals surface area contributed by atoms with Crippen molar-refractivity contribution in [2.75, 3.05) is 26.2 Å². The van der Waals surface area contributed by atoms with Gasteiger partial charge in [-0.2, -0.15) is 0 Å². The van der Waals surface area contributed by atoms with Crippen molar-refractivity contribution in [3.8, 4) is 0 Å². The number of likely N-dealkylation sites (N-methyl/N-ethyl adjacent to an activating group) is 1. The molecule has 2 atom stereocenters. The van der Waals surface area contributed by atoms with Gasteiger partial charge >= 0.3 is 0 Å². The zero-order chi connectivity index (χ0) is 15.2. The summed E-state index contributed by atoms with van der Waals surface area (Å²) in [7, 11) is 0. The predicted molar refractivity (Wildman–Crippen MR) is 87.0 cm³/mol. The Morgan fingerprint density at radius 1 is 1.30 bits per heavy atom. The molecular weight excluding hydrogens is 248 g/mol. The minimum Gasteiger partial charge on any atom is -0.394 e. The van der Waals surface area contributed by atoms with Crippen LogP contribution in [-0.4, -0.2) is 47.8 Å². The summed E-state index contributed by atoms with van der Waals surface area (Å²) in [4.78, 5) is 2.59. The van der Waals surface area contributed by atoms with Crippen molar-refractivity contribution in [2.45, 2.75) is 71.9 Å². The highest BCUT2D eigenvalue weighted by molar-refractivity contribution is 4.99. The van der Waals surface area contributed by atoms with Gasteiger partial charge in [0.15, 0.2) is 0 Å². The van der Waals surface area contributed by atoms with Gasteiger partial charge in [-0.15, -0.1) is 0 Å². The highest BCUT2D eigenvalue weighted by atomic mass is 16.3. The molecule has 3 nitrogen and oxygen atoms in total. The van der Waals surface area contributed by atoms with E-state index in [9.17, 15) is 5.11 Å². The molecule has 1 aliphatic rings. The van der Waals surface area contributed by atoms with Crippen LogP contribution in [0.3, 0.4) is 0 Å². The molecule has 0 radical (unpaired) electrons. The van der Waals surface area contributed by atoms with Crippen LogP contribution in [0.25, 0.3) is 0 Å². The van der Waals surface area contributed by atoms with Gasteiger partial charge in [-0.05, 0) is 58.0 Å². The molecule has 0 aromatic carbocycles. The van der Waals surface area contributed by atoms with Crippen molar-refractivity contribution in [1.82, 2.24) is 10.2 Å². The van der Waals surface area contributed by atoms with E-state index in [0.29, 0.717) is 12.0 Å². The second-order valence-corrected chi connectivity index (χ2v) is 7.20. The fraction of sp³-hybridized carbons (Fsp3) is 1.00. The molecule has 0 heterocycles. The first kappa shape index (κ1) is 17.9. The van der Waals surface area contributed by atoms with E-state index in [1.54, 1.807) is 0 Å². The number of hydrogen-bond acceptors (Lipinski definition) is 3. The Hall–Kier alpha value is -0.120. The van der Waals surface area contributed by atoms with Crippen molar-refractivity contribution in [2.24, 2.45) is 11.8 Å². The summed E-state index contributed by atoms with van der Waals surface area (Å²) in [5, 5.41) is 13.4. The highest BCUT2D eigenvalue weighted by Crippen LogP contribution is 2.37. The summed E-state index contributed by atoms with van der Waals surface area (Å²) in [6.07, 6.45) is 4.86. The molecule has 1 saturated carbocycles. The fourth-order valence-electron chi connectivity index (χ4n) is 3.76. The van der Waals surface area contributed by atoms with Crippen molar-refractivity contribution in [3.63, 3.8) is 0 Å². The lowest BCUT2D eigenvalue weighted by Gasteiger charge is -2.37. The number of nitrogens with one attached hydrogen (secondary N) is 1. The summed E-state index contributed by atoms with van der Waals surface area (Å²) in [5.41, 5.74) is -0.00473. The first-order chi connectivity index (χ1) is 9.45. The van der Waals surface area contributed by atoms with E-state index in [1.165, 1.54) is 25.8 Å². The summed E-state index contributed by atoms with van der Waals surface area (Å²) in [6, 6.07) is 0.612. The van der Waals surface area contributed by atoms with Crippen LogP contribution in [0.5, 0.6) is 0 Å². The SMILES string of the molecule is CCNC1(CO)CCCC1CCN(CC(C)C)C(C)C. The lowest BCUT2D eigenvalue weighted by Crippen LogP contribution is -2.52. The van der Waals surface area contributed by atoms with Gasteiger partial charge in [0.05, 0.1) is 6.61 Å². The largest absolute Gasteiger partial charge is 0.394 e. The van der Waals surface area contributed by atoms with Crippen molar-refractivity contribution in [1.29, 1.82) is 0 Å². The molecule has 3 heteroatoms. The smallest absolute Gasteiger partial charge is 0.0616 e. The number of aliphatic hydroxyl groups excluding tert-OH is 1. The lowest BCUT2D eigenvalue weighted by molar-refractivity contribution is 0.105. The zero-order valence-electron chi connectivity index (χ0n) is 14.3. The van der Waals surface area contributed by atoms with Crippen molar-refractivity contribution in [3.05, 3.63) is 0 Å². The second-order valence-electron chi connectivity index (χ2n) is 7.20. The average molecular weight is 284 g/mol. The summed E-state index contributed by atoms with van der Waals surface area (Å²) in [6.45, 7) is 14.9. The first-order valence-corrected chi connectivity index (χ1v) is 8.55.